The second-order valence-electron chi connectivity index (χ2n) is 5.24. The number of amides is 2. The number of nitrogens with zero attached hydrogens (tertiary/aromatic N) is 1. The van der Waals surface area contributed by atoms with Crippen LogP contribution in [0.15, 0.2) is 18.2 Å². The fourth-order valence-electron chi connectivity index (χ4n) is 2.41. The summed E-state index contributed by atoms with van der Waals surface area (Å²) in [5.74, 6) is -1.02. The molecule has 1 aliphatic heterocycles. The Balaban J connectivity index is 1.93. The molecular formula is C14H19F2N3O. The highest BCUT2D eigenvalue weighted by atomic mass is 19.1. The standard InChI is InChI=1S/C14H19F2N3O/c1-9(17)10-4-6-19(7-5-10)14(20)18-13-3-2-11(15)8-12(13)16/h2-3,8-10H,4-7,17H2,1H3,(H,18,20). The highest BCUT2D eigenvalue weighted by Gasteiger charge is 2.25. The average Bonchev–Trinajstić information content (AvgIpc) is 2.42. The van der Waals surface area contributed by atoms with Crippen LogP contribution in [0.25, 0.3) is 0 Å². The molecule has 0 radical (unpaired) electrons. The lowest BCUT2D eigenvalue weighted by Gasteiger charge is -2.33. The van der Waals surface area contributed by atoms with Gasteiger partial charge in [0, 0.05) is 25.2 Å². The fraction of sp³-hybridized carbons (Fsp3) is 0.500. The number of urea groups is 1. The second kappa shape index (κ2) is 6.17. The van der Waals surface area contributed by atoms with E-state index in [9.17, 15) is 13.6 Å². The van der Waals surface area contributed by atoms with Gasteiger partial charge in [-0.05, 0) is 37.8 Å². The highest BCUT2D eigenvalue weighted by Crippen LogP contribution is 2.21. The Kier molecular flexibility index (Phi) is 4.54. The van der Waals surface area contributed by atoms with Crippen molar-refractivity contribution in [1.82, 2.24) is 4.90 Å². The number of benzene rings is 1. The molecule has 0 aromatic heterocycles. The van der Waals surface area contributed by atoms with Crippen molar-refractivity contribution >= 4 is 11.7 Å². The molecule has 110 valence electrons. The lowest BCUT2D eigenvalue weighted by Crippen LogP contribution is -2.44. The number of halogens is 2. The Morgan fingerprint density at radius 3 is 2.60 bits per heavy atom. The van der Waals surface area contributed by atoms with Crippen LogP contribution in [0.4, 0.5) is 19.3 Å². The number of anilines is 1. The predicted octanol–water partition coefficient (Wildman–Crippen LogP) is 2.56. The molecule has 0 aliphatic carbocycles. The van der Waals surface area contributed by atoms with Gasteiger partial charge in [-0.25, -0.2) is 13.6 Å². The first-order valence-corrected chi connectivity index (χ1v) is 6.74. The van der Waals surface area contributed by atoms with Gasteiger partial charge in [0.05, 0.1) is 5.69 Å². The van der Waals surface area contributed by atoms with Gasteiger partial charge < -0.3 is 16.0 Å². The van der Waals surface area contributed by atoms with Gasteiger partial charge in [-0.15, -0.1) is 0 Å². The third-order valence-electron chi connectivity index (χ3n) is 3.74. The summed E-state index contributed by atoms with van der Waals surface area (Å²) >= 11 is 0. The third kappa shape index (κ3) is 3.45. The van der Waals surface area contributed by atoms with E-state index in [4.69, 9.17) is 5.73 Å². The van der Waals surface area contributed by atoms with Crippen LogP contribution in [0.2, 0.25) is 0 Å². The minimum absolute atomic E-state index is 0.00860. The van der Waals surface area contributed by atoms with Crippen molar-refractivity contribution in [3.8, 4) is 0 Å². The van der Waals surface area contributed by atoms with E-state index in [1.165, 1.54) is 6.07 Å². The summed E-state index contributed by atoms with van der Waals surface area (Å²) in [5.41, 5.74) is 5.83. The molecule has 1 aliphatic rings. The van der Waals surface area contributed by atoms with E-state index in [2.05, 4.69) is 5.32 Å². The summed E-state index contributed by atoms with van der Waals surface area (Å²) in [5, 5.41) is 2.47. The highest BCUT2D eigenvalue weighted by molar-refractivity contribution is 5.89. The third-order valence-corrected chi connectivity index (χ3v) is 3.74. The van der Waals surface area contributed by atoms with E-state index in [0.29, 0.717) is 19.0 Å². The summed E-state index contributed by atoms with van der Waals surface area (Å²) < 4.78 is 26.2. The van der Waals surface area contributed by atoms with Gasteiger partial charge in [0.25, 0.3) is 0 Å². The molecule has 0 spiro atoms. The molecule has 20 heavy (non-hydrogen) atoms. The lowest BCUT2D eigenvalue weighted by molar-refractivity contribution is 0.176. The van der Waals surface area contributed by atoms with Crippen LogP contribution in [-0.2, 0) is 0 Å². The SMILES string of the molecule is CC(N)C1CCN(C(=O)Nc2ccc(F)cc2F)CC1. The van der Waals surface area contributed by atoms with Crippen LogP contribution in [0.3, 0.4) is 0 Å². The van der Waals surface area contributed by atoms with E-state index < -0.39 is 11.6 Å². The van der Waals surface area contributed by atoms with Gasteiger partial charge in [-0.3, -0.25) is 0 Å². The number of hydrogen-bond donors (Lipinski definition) is 2. The fourth-order valence-corrected chi connectivity index (χ4v) is 2.41. The number of piperidine rings is 1. The van der Waals surface area contributed by atoms with E-state index >= 15 is 0 Å². The second-order valence-corrected chi connectivity index (χ2v) is 5.24. The first-order valence-electron chi connectivity index (χ1n) is 6.74. The number of likely N-dealkylation sites (tertiary alicyclic amines) is 1. The van der Waals surface area contributed by atoms with Gasteiger partial charge in [-0.2, -0.15) is 0 Å². The molecular weight excluding hydrogens is 264 g/mol. The first-order chi connectivity index (χ1) is 9.47. The van der Waals surface area contributed by atoms with E-state index in [1.807, 2.05) is 6.92 Å². The molecule has 1 fully saturated rings. The van der Waals surface area contributed by atoms with Crippen molar-refractivity contribution in [3.63, 3.8) is 0 Å². The zero-order valence-electron chi connectivity index (χ0n) is 11.4. The Hall–Kier alpha value is -1.69. The minimum atomic E-state index is -0.774. The molecule has 6 heteroatoms. The van der Waals surface area contributed by atoms with Crippen LogP contribution in [0.1, 0.15) is 19.8 Å². The normalized spacial score (nSPS) is 17.9. The van der Waals surface area contributed by atoms with Crippen molar-refractivity contribution in [2.45, 2.75) is 25.8 Å². The molecule has 0 bridgehead atoms. The topological polar surface area (TPSA) is 58.4 Å². The zero-order valence-corrected chi connectivity index (χ0v) is 11.4. The number of carbonyl (C=O) groups excluding carboxylic acids is 1. The van der Waals surface area contributed by atoms with Crippen molar-refractivity contribution in [3.05, 3.63) is 29.8 Å². The van der Waals surface area contributed by atoms with Crippen LogP contribution in [0.5, 0.6) is 0 Å². The van der Waals surface area contributed by atoms with Crippen LogP contribution in [0, 0.1) is 17.6 Å². The maximum absolute atomic E-state index is 13.5. The first kappa shape index (κ1) is 14.7. The number of nitrogens with one attached hydrogen (secondary N) is 1. The smallest absolute Gasteiger partial charge is 0.321 e. The lowest BCUT2D eigenvalue weighted by atomic mass is 9.91. The maximum atomic E-state index is 13.5. The molecule has 2 rings (SSSR count). The number of carbonyl (C=O) groups is 1. The van der Waals surface area contributed by atoms with Crippen LogP contribution in [-0.4, -0.2) is 30.1 Å². The summed E-state index contributed by atoms with van der Waals surface area (Å²) in [6, 6.07) is 2.84. The molecule has 4 nitrogen and oxygen atoms in total. The van der Waals surface area contributed by atoms with E-state index in [1.54, 1.807) is 4.90 Å². The van der Waals surface area contributed by atoms with Gasteiger partial charge in [0.1, 0.15) is 11.6 Å². The average molecular weight is 283 g/mol. The molecule has 1 saturated heterocycles. The molecule has 1 aromatic carbocycles. The van der Waals surface area contributed by atoms with Gasteiger partial charge in [-0.1, -0.05) is 0 Å². The molecule has 2 amide bonds. The summed E-state index contributed by atoms with van der Waals surface area (Å²) in [6.07, 6.45) is 1.69. The molecule has 1 aromatic rings. The van der Waals surface area contributed by atoms with Crippen LogP contribution < -0.4 is 11.1 Å². The summed E-state index contributed by atoms with van der Waals surface area (Å²) in [4.78, 5) is 13.6. The Labute approximate surface area is 116 Å². The molecule has 1 unspecified atom stereocenters. The van der Waals surface area contributed by atoms with E-state index in [-0.39, 0.29) is 17.8 Å². The minimum Gasteiger partial charge on any atom is -0.328 e. The largest absolute Gasteiger partial charge is 0.328 e. The quantitative estimate of drug-likeness (QED) is 0.876. The molecule has 0 saturated carbocycles. The van der Waals surface area contributed by atoms with Gasteiger partial charge >= 0.3 is 6.03 Å². The van der Waals surface area contributed by atoms with E-state index in [0.717, 1.165) is 25.0 Å². The van der Waals surface area contributed by atoms with Crippen molar-refractivity contribution in [2.75, 3.05) is 18.4 Å². The van der Waals surface area contributed by atoms with Crippen LogP contribution >= 0.6 is 0 Å². The van der Waals surface area contributed by atoms with Gasteiger partial charge in [0.2, 0.25) is 0 Å². The van der Waals surface area contributed by atoms with Crippen molar-refractivity contribution < 1.29 is 13.6 Å². The molecule has 1 atom stereocenters. The zero-order chi connectivity index (χ0) is 14.7. The maximum Gasteiger partial charge on any atom is 0.321 e. The number of nitrogens with two attached hydrogens (primary N) is 1. The molecule has 3 N–H and O–H groups in total. The Morgan fingerprint density at radius 2 is 2.05 bits per heavy atom. The molecule has 1 heterocycles. The summed E-state index contributed by atoms with van der Waals surface area (Å²) in [7, 11) is 0. The van der Waals surface area contributed by atoms with Crippen molar-refractivity contribution in [2.24, 2.45) is 11.7 Å². The Morgan fingerprint density at radius 1 is 1.40 bits per heavy atom. The predicted molar refractivity (Wildman–Crippen MR) is 73.3 cm³/mol. The summed E-state index contributed by atoms with van der Waals surface area (Å²) in [6.45, 7) is 3.16. The van der Waals surface area contributed by atoms with Crippen molar-refractivity contribution in [1.29, 1.82) is 0 Å². The monoisotopic (exact) mass is 283 g/mol. The Bertz CT molecular complexity index is 485. The van der Waals surface area contributed by atoms with Gasteiger partial charge in [0.15, 0.2) is 0 Å². The number of hydrogen-bond acceptors (Lipinski definition) is 2. The number of rotatable bonds is 2.